The lowest BCUT2D eigenvalue weighted by Crippen LogP contribution is -2.24. The summed E-state index contributed by atoms with van der Waals surface area (Å²) < 4.78 is 15.3. The smallest absolute Gasteiger partial charge is 0.256 e. The van der Waals surface area contributed by atoms with Crippen LogP contribution in [0.5, 0.6) is 0 Å². The second-order valence-corrected chi connectivity index (χ2v) is 4.89. The highest BCUT2D eigenvalue weighted by atomic mass is 35.5. The summed E-state index contributed by atoms with van der Waals surface area (Å²) in [6.45, 7) is 0.200. The second-order valence-electron chi connectivity index (χ2n) is 4.49. The number of amides is 1. The third kappa shape index (κ3) is 2.73. The van der Waals surface area contributed by atoms with Gasteiger partial charge in [0, 0.05) is 6.20 Å². The number of halogens is 2. The highest BCUT2D eigenvalue weighted by Gasteiger charge is 2.15. The van der Waals surface area contributed by atoms with E-state index in [0.29, 0.717) is 5.69 Å². The van der Waals surface area contributed by atoms with Gasteiger partial charge in [-0.1, -0.05) is 23.7 Å². The number of pyridine rings is 1. The number of rotatable bonds is 3. The van der Waals surface area contributed by atoms with Gasteiger partial charge in [-0.3, -0.25) is 4.79 Å². The van der Waals surface area contributed by atoms with E-state index in [2.05, 4.69) is 10.4 Å². The number of fused-ring (bicyclic) bond motifs is 1. The topological polar surface area (TPSA) is 46.4 Å². The first kappa shape index (κ1) is 13.6. The fraction of sp³-hybridized carbons (Fsp3) is 0.0667. The van der Waals surface area contributed by atoms with Crippen molar-refractivity contribution < 1.29 is 9.18 Å². The number of hydrogen-bond donors (Lipinski definition) is 1. The molecule has 0 saturated carbocycles. The van der Waals surface area contributed by atoms with Crippen molar-refractivity contribution in [3.63, 3.8) is 0 Å². The van der Waals surface area contributed by atoms with Gasteiger partial charge in [0.05, 0.1) is 28.3 Å². The molecule has 106 valence electrons. The molecule has 3 aromatic rings. The normalized spacial score (nSPS) is 10.8. The quantitative estimate of drug-likeness (QED) is 0.808. The van der Waals surface area contributed by atoms with Crippen molar-refractivity contribution in [2.24, 2.45) is 0 Å². The summed E-state index contributed by atoms with van der Waals surface area (Å²) in [6.07, 6.45) is 1.81. The van der Waals surface area contributed by atoms with Crippen LogP contribution in [0.3, 0.4) is 0 Å². The zero-order valence-corrected chi connectivity index (χ0v) is 11.6. The first-order chi connectivity index (χ1) is 10.1. The van der Waals surface area contributed by atoms with Crippen molar-refractivity contribution in [3.05, 3.63) is 70.8 Å². The summed E-state index contributed by atoms with van der Waals surface area (Å²) >= 11 is 5.85. The molecule has 0 saturated heterocycles. The highest BCUT2D eigenvalue weighted by Crippen LogP contribution is 2.18. The molecule has 1 amide bonds. The van der Waals surface area contributed by atoms with Crippen molar-refractivity contribution in [1.29, 1.82) is 0 Å². The maximum absolute atomic E-state index is 13.6. The summed E-state index contributed by atoms with van der Waals surface area (Å²) in [4.78, 5) is 12.0. The van der Waals surface area contributed by atoms with E-state index in [9.17, 15) is 9.18 Å². The van der Waals surface area contributed by atoms with Crippen LogP contribution in [0.25, 0.3) is 5.52 Å². The van der Waals surface area contributed by atoms with E-state index in [1.807, 2.05) is 30.5 Å². The lowest BCUT2D eigenvalue weighted by molar-refractivity contribution is 0.0946. The Morgan fingerprint density at radius 2 is 2.14 bits per heavy atom. The van der Waals surface area contributed by atoms with Gasteiger partial charge >= 0.3 is 0 Å². The van der Waals surface area contributed by atoms with E-state index in [4.69, 9.17) is 11.6 Å². The Hall–Kier alpha value is -2.40. The van der Waals surface area contributed by atoms with Crippen molar-refractivity contribution in [1.82, 2.24) is 14.9 Å². The van der Waals surface area contributed by atoms with Gasteiger partial charge in [0.1, 0.15) is 5.82 Å². The number of carbonyl (C=O) groups excluding carboxylic acids is 1. The molecule has 0 spiro atoms. The minimum atomic E-state index is -0.644. The number of carbonyl (C=O) groups is 1. The maximum atomic E-state index is 13.6. The summed E-state index contributed by atoms with van der Waals surface area (Å²) in [5.41, 5.74) is 1.45. The summed E-state index contributed by atoms with van der Waals surface area (Å²) in [7, 11) is 0. The Morgan fingerprint density at radius 1 is 1.29 bits per heavy atom. The molecule has 21 heavy (non-hydrogen) atoms. The molecule has 0 fully saturated rings. The van der Waals surface area contributed by atoms with Crippen molar-refractivity contribution in [3.8, 4) is 0 Å². The SMILES string of the molecule is O=C(NCc1cc2ccccn2n1)c1c(F)cccc1Cl. The first-order valence-electron chi connectivity index (χ1n) is 6.30. The zero-order valence-electron chi connectivity index (χ0n) is 10.9. The van der Waals surface area contributed by atoms with Crippen LogP contribution in [0.4, 0.5) is 4.39 Å². The van der Waals surface area contributed by atoms with Gasteiger partial charge in [-0.05, 0) is 30.3 Å². The minimum absolute atomic E-state index is 0.0856. The highest BCUT2D eigenvalue weighted by molar-refractivity contribution is 6.33. The molecular weight excluding hydrogens is 293 g/mol. The molecule has 6 heteroatoms. The fourth-order valence-corrected chi connectivity index (χ4v) is 2.30. The number of nitrogens with zero attached hydrogens (tertiary/aromatic N) is 2. The first-order valence-corrected chi connectivity index (χ1v) is 6.68. The monoisotopic (exact) mass is 303 g/mol. The van der Waals surface area contributed by atoms with Crippen LogP contribution < -0.4 is 5.32 Å². The molecule has 0 aliphatic heterocycles. The van der Waals surface area contributed by atoms with Crippen LogP contribution >= 0.6 is 11.6 Å². The third-order valence-electron chi connectivity index (χ3n) is 3.04. The molecule has 0 aliphatic carbocycles. The predicted molar refractivity (Wildman–Crippen MR) is 77.8 cm³/mol. The molecule has 2 heterocycles. The maximum Gasteiger partial charge on any atom is 0.256 e. The number of benzene rings is 1. The van der Waals surface area contributed by atoms with E-state index in [0.717, 1.165) is 5.52 Å². The van der Waals surface area contributed by atoms with Gasteiger partial charge in [0.25, 0.3) is 5.91 Å². The van der Waals surface area contributed by atoms with E-state index in [1.165, 1.54) is 18.2 Å². The summed E-state index contributed by atoms with van der Waals surface area (Å²) in [5.74, 6) is -1.20. The van der Waals surface area contributed by atoms with Crippen LogP contribution in [-0.4, -0.2) is 15.5 Å². The predicted octanol–water partition coefficient (Wildman–Crippen LogP) is 3.06. The Balaban J connectivity index is 1.76. The Morgan fingerprint density at radius 3 is 2.90 bits per heavy atom. The van der Waals surface area contributed by atoms with E-state index in [1.54, 1.807) is 4.52 Å². The van der Waals surface area contributed by atoms with Gasteiger partial charge in [-0.25, -0.2) is 8.91 Å². The Labute approximate surface area is 125 Å². The Bertz CT molecular complexity index is 762. The van der Waals surface area contributed by atoms with Crippen LogP contribution in [0.1, 0.15) is 16.1 Å². The molecule has 4 nitrogen and oxygen atoms in total. The van der Waals surface area contributed by atoms with E-state index >= 15 is 0 Å². The standard InChI is InChI=1S/C15H11ClFN3O/c16-12-5-3-6-13(17)14(12)15(21)18-9-10-8-11-4-1-2-7-20(11)19-10/h1-8H,9H2,(H,18,21). The zero-order chi connectivity index (χ0) is 14.8. The molecule has 0 atom stereocenters. The summed E-state index contributed by atoms with van der Waals surface area (Å²) in [5, 5.41) is 7.00. The van der Waals surface area contributed by atoms with Gasteiger partial charge in [-0.15, -0.1) is 0 Å². The number of hydrogen-bond acceptors (Lipinski definition) is 2. The van der Waals surface area contributed by atoms with Gasteiger partial charge in [-0.2, -0.15) is 5.10 Å². The lowest BCUT2D eigenvalue weighted by Gasteiger charge is -2.06. The Kier molecular flexibility index (Phi) is 3.58. The van der Waals surface area contributed by atoms with Gasteiger partial charge in [0.15, 0.2) is 0 Å². The largest absolute Gasteiger partial charge is 0.346 e. The van der Waals surface area contributed by atoms with Crippen molar-refractivity contribution in [2.45, 2.75) is 6.54 Å². The van der Waals surface area contributed by atoms with Crippen LogP contribution in [-0.2, 0) is 6.54 Å². The molecule has 0 unspecified atom stereocenters. The summed E-state index contributed by atoms with van der Waals surface area (Å²) in [6, 6.07) is 11.7. The second kappa shape index (κ2) is 5.54. The number of aromatic nitrogens is 2. The molecule has 2 aromatic heterocycles. The number of nitrogens with one attached hydrogen (secondary N) is 1. The van der Waals surface area contributed by atoms with E-state index in [-0.39, 0.29) is 17.1 Å². The van der Waals surface area contributed by atoms with Crippen molar-refractivity contribution >= 4 is 23.0 Å². The fourth-order valence-electron chi connectivity index (χ4n) is 2.05. The average Bonchev–Trinajstić information content (AvgIpc) is 2.87. The van der Waals surface area contributed by atoms with E-state index < -0.39 is 11.7 Å². The van der Waals surface area contributed by atoms with Crippen molar-refractivity contribution in [2.75, 3.05) is 0 Å². The molecule has 3 rings (SSSR count). The average molecular weight is 304 g/mol. The molecule has 1 N–H and O–H groups in total. The van der Waals surface area contributed by atoms with Crippen LogP contribution in [0.2, 0.25) is 5.02 Å². The van der Waals surface area contributed by atoms with Crippen LogP contribution in [0.15, 0.2) is 48.7 Å². The minimum Gasteiger partial charge on any atom is -0.346 e. The molecule has 0 aliphatic rings. The van der Waals surface area contributed by atoms with Gasteiger partial charge in [0.2, 0.25) is 0 Å². The van der Waals surface area contributed by atoms with Gasteiger partial charge < -0.3 is 5.32 Å². The third-order valence-corrected chi connectivity index (χ3v) is 3.36. The molecular formula is C15H11ClFN3O. The molecule has 0 radical (unpaired) electrons. The van der Waals surface area contributed by atoms with Crippen LogP contribution in [0, 0.1) is 5.82 Å². The molecule has 0 bridgehead atoms. The lowest BCUT2D eigenvalue weighted by atomic mass is 10.2. The molecule has 1 aromatic carbocycles.